The molecule has 3 unspecified atom stereocenters. The number of amides is 1. The van der Waals surface area contributed by atoms with Crippen LogP contribution in [0.2, 0.25) is 0 Å². The summed E-state index contributed by atoms with van der Waals surface area (Å²) >= 11 is 1.55. The lowest BCUT2D eigenvalue weighted by Crippen LogP contribution is -2.47. The molecule has 1 saturated carbocycles. The SMILES string of the molecule is CC1CCN(C2CCN(c3ccc(Nc4nc(NC5C6C=C[C@@H](C6)C5C(N)=O)c5sccc5n4)cc3F)CC2)CC1. The number of primary amides is 1. The van der Waals surface area contributed by atoms with Crippen LogP contribution in [0.5, 0.6) is 0 Å². The number of nitrogens with two attached hydrogens (primary N) is 1. The third-order valence-corrected chi connectivity index (χ3v) is 10.6. The van der Waals surface area contributed by atoms with Gasteiger partial charge < -0.3 is 26.2 Å². The summed E-state index contributed by atoms with van der Waals surface area (Å²) in [6.07, 6.45) is 9.94. The molecule has 2 aliphatic heterocycles. The molecule has 216 valence electrons. The maximum absolute atomic E-state index is 15.4. The van der Waals surface area contributed by atoms with Crippen LogP contribution in [0.4, 0.5) is 27.5 Å². The molecule has 41 heavy (non-hydrogen) atoms. The van der Waals surface area contributed by atoms with Crippen LogP contribution in [-0.4, -0.2) is 59.0 Å². The van der Waals surface area contributed by atoms with Gasteiger partial charge in [-0.05, 0) is 92.6 Å². The van der Waals surface area contributed by atoms with Gasteiger partial charge in [-0.1, -0.05) is 19.1 Å². The number of rotatable bonds is 7. The fraction of sp³-hybridized carbons (Fsp3) is 0.516. The zero-order valence-corrected chi connectivity index (χ0v) is 24.2. The Balaban J connectivity index is 1.05. The normalized spacial score (nSPS) is 27.1. The number of aromatic nitrogens is 2. The van der Waals surface area contributed by atoms with Crippen molar-refractivity contribution in [2.75, 3.05) is 41.7 Å². The predicted molar refractivity (Wildman–Crippen MR) is 163 cm³/mol. The summed E-state index contributed by atoms with van der Waals surface area (Å²) in [4.78, 5) is 26.5. The summed E-state index contributed by atoms with van der Waals surface area (Å²) in [5.41, 5.74) is 7.83. The van der Waals surface area contributed by atoms with E-state index in [1.54, 1.807) is 11.3 Å². The second-order valence-electron chi connectivity index (χ2n) is 12.3. The van der Waals surface area contributed by atoms with E-state index in [4.69, 9.17) is 10.7 Å². The second kappa shape index (κ2) is 10.9. The van der Waals surface area contributed by atoms with E-state index in [9.17, 15) is 4.79 Å². The summed E-state index contributed by atoms with van der Waals surface area (Å²) in [6.45, 7) is 6.49. The van der Waals surface area contributed by atoms with Gasteiger partial charge in [0.05, 0.1) is 21.8 Å². The first-order chi connectivity index (χ1) is 19.9. The average molecular weight is 576 g/mol. The van der Waals surface area contributed by atoms with Crippen molar-refractivity contribution in [3.05, 3.63) is 47.6 Å². The lowest BCUT2D eigenvalue weighted by molar-refractivity contribution is -0.122. The molecule has 4 aliphatic rings. The molecule has 4 atom stereocenters. The molecule has 3 aromatic rings. The maximum atomic E-state index is 15.4. The number of nitrogens with zero attached hydrogens (tertiary/aromatic N) is 4. The molecule has 2 aromatic heterocycles. The van der Waals surface area contributed by atoms with Gasteiger partial charge in [-0.2, -0.15) is 4.98 Å². The minimum Gasteiger partial charge on any atom is -0.369 e. The predicted octanol–water partition coefficient (Wildman–Crippen LogP) is 5.36. The van der Waals surface area contributed by atoms with Crippen molar-refractivity contribution < 1.29 is 9.18 Å². The van der Waals surface area contributed by atoms with Gasteiger partial charge in [0.2, 0.25) is 11.9 Å². The largest absolute Gasteiger partial charge is 0.369 e. The Labute approximate surface area is 244 Å². The number of hydrogen-bond donors (Lipinski definition) is 3. The number of allylic oxidation sites excluding steroid dienone is 1. The van der Waals surface area contributed by atoms with Gasteiger partial charge in [0.1, 0.15) is 11.6 Å². The fourth-order valence-corrected chi connectivity index (χ4v) is 8.20. The minimum absolute atomic E-state index is 0.102. The van der Waals surface area contributed by atoms with Crippen molar-refractivity contribution in [2.24, 2.45) is 29.4 Å². The molecular formula is C31H38FN7OS. The fourth-order valence-electron chi connectivity index (χ4n) is 7.42. The number of halogens is 1. The average Bonchev–Trinajstić information content (AvgIpc) is 3.71. The van der Waals surface area contributed by atoms with Gasteiger partial charge in [0, 0.05) is 30.9 Å². The summed E-state index contributed by atoms with van der Waals surface area (Å²) in [7, 11) is 0. The van der Waals surface area contributed by atoms with Gasteiger partial charge >= 0.3 is 0 Å². The quantitative estimate of drug-likeness (QED) is 0.326. The Bertz CT molecular complexity index is 1460. The molecule has 0 radical (unpaired) electrons. The Morgan fingerprint density at radius 2 is 1.83 bits per heavy atom. The lowest BCUT2D eigenvalue weighted by Gasteiger charge is -2.42. The molecule has 2 aliphatic carbocycles. The smallest absolute Gasteiger partial charge is 0.229 e. The van der Waals surface area contributed by atoms with Crippen molar-refractivity contribution in [2.45, 2.75) is 51.1 Å². The van der Waals surface area contributed by atoms with Crippen LogP contribution >= 0.6 is 11.3 Å². The number of piperidine rings is 2. The number of thiophene rings is 1. The number of carbonyl (C=O) groups is 1. The zero-order valence-electron chi connectivity index (χ0n) is 23.4. The highest BCUT2D eigenvalue weighted by atomic mass is 32.1. The van der Waals surface area contributed by atoms with E-state index in [-0.39, 0.29) is 35.5 Å². The van der Waals surface area contributed by atoms with E-state index >= 15 is 4.39 Å². The van der Waals surface area contributed by atoms with Gasteiger partial charge in [0.25, 0.3) is 0 Å². The number of fused-ring (bicyclic) bond motifs is 3. The van der Waals surface area contributed by atoms with Gasteiger partial charge in [-0.15, -0.1) is 11.3 Å². The maximum Gasteiger partial charge on any atom is 0.229 e. The zero-order chi connectivity index (χ0) is 28.1. The van der Waals surface area contributed by atoms with Crippen molar-refractivity contribution in [3.8, 4) is 0 Å². The van der Waals surface area contributed by atoms with Crippen molar-refractivity contribution >= 4 is 50.6 Å². The number of anilines is 4. The van der Waals surface area contributed by atoms with Crippen LogP contribution in [0.3, 0.4) is 0 Å². The van der Waals surface area contributed by atoms with Crippen LogP contribution in [0.15, 0.2) is 41.8 Å². The monoisotopic (exact) mass is 575 g/mol. The van der Waals surface area contributed by atoms with E-state index in [0.717, 1.165) is 48.5 Å². The van der Waals surface area contributed by atoms with Gasteiger partial charge in [0.15, 0.2) is 0 Å². The van der Waals surface area contributed by atoms with Crippen LogP contribution in [0.1, 0.15) is 39.0 Å². The molecule has 1 aromatic carbocycles. The van der Waals surface area contributed by atoms with Crippen LogP contribution in [0.25, 0.3) is 10.2 Å². The van der Waals surface area contributed by atoms with E-state index in [1.807, 2.05) is 23.6 Å². The van der Waals surface area contributed by atoms with Crippen LogP contribution < -0.4 is 21.3 Å². The van der Waals surface area contributed by atoms with Gasteiger partial charge in [-0.25, -0.2) is 9.37 Å². The third kappa shape index (κ3) is 5.16. The Morgan fingerprint density at radius 3 is 2.59 bits per heavy atom. The molecule has 0 spiro atoms. The summed E-state index contributed by atoms with van der Waals surface area (Å²) < 4.78 is 16.3. The number of benzene rings is 1. The molecule has 8 nitrogen and oxygen atoms in total. The highest BCUT2D eigenvalue weighted by Gasteiger charge is 2.47. The molecule has 4 N–H and O–H groups in total. The highest BCUT2D eigenvalue weighted by molar-refractivity contribution is 7.17. The Morgan fingerprint density at radius 1 is 1.05 bits per heavy atom. The first-order valence-corrected chi connectivity index (χ1v) is 15.9. The Hall–Kier alpha value is -3.24. The molecule has 7 rings (SSSR count). The summed E-state index contributed by atoms with van der Waals surface area (Å²) in [5, 5.41) is 8.73. The molecule has 10 heteroatoms. The van der Waals surface area contributed by atoms with Crippen molar-refractivity contribution in [3.63, 3.8) is 0 Å². The standard InChI is InChI=1S/C31H38FN7OS/c1-18-6-11-38(12-7-18)22-8-13-39(14-9-22)25-5-4-21(17-23(25)32)34-31-35-24-10-15-41-28(24)30(37-31)36-27-20-3-2-19(16-20)26(27)29(33)40/h2-5,10,15,17-20,22,26-27H,6-9,11-14,16H2,1H3,(H2,33,40)(H2,34,35,36,37)/t19-,20?,26?,27?/m0/s1. The minimum atomic E-state index is -0.282. The van der Waals surface area contributed by atoms with Crippen LogP contribution in [-0.2, 0) is 4.79 Å². The number of nitrogens with one attached hydrogen (secondary N) is 2. The topological polar surface area (TPSA) is 99.4 Å². The van der Waals surface area contributed by atoms with E-state index < -0.39 is 0 Å². The number of carbonyl (C=O) groups excluding carboxylic acids is 1. The van der Waals surface area contributed by atoms with Crippen LogP contribution in [0, 0.1) is 29.5 Å². The van der Waals surface area contributed by atoms with Gasteiger partial charge in [-0.3, -0.25) is 4.79 Å². The molecule has 2 bridgehead atoms. The second-order valence-corrected chi connectivity index (χ2v) is 13.2. The van der Waals surface area contributed by atoms with E-state index in [1.165, 1.54) is 32.0 Å². The molecule has 3 fully saturated rings. The summed E-state index contributed by atoms with van der Waals surface area (Å²) in [6, 6.07) is 7.75. The third-order valence-electron chi connectivity index (χ3n) is 9.74. The molecule has 1 amide bonds. The molecule has 4 heterocycles. The van der Waals surface area contributed by atoms with Crippen molar-refractivity contribution in [1.82, 2.24) is 14.9 Å². The molecular weight excluding hydrogens is 537 g/mol. The Kier molecular flexibility index (Phi) is 7.06. The summed E-state index contributed by atoms with van der Waals surface area (Å²) in [5.74, 6) is 1.53. The first kappa shape index (κ1) is 26.6. The van der Waals surface area contributed by atoms with E-state index in [0.29, 0.717) is 29.2 Å². The number of likely N-dealkylation sites (tertiary alicyclic amines) is 1. The van der Waals surface area contributed by atoms with Crippen molar-refractivity contribution in [1.29, 1.82) is 0 Å². The number of hydrogen-bond acceptors (Lipinski definition) is 8. The lowest BCUT2D eigenvalue weighted by atomic mass is 9.88. The highest BCUT2D eigenvalue weighted by Crippen LogP contribution is 2.45. The van der Waals surface area contributed by atoms with E-state index in [2.05, 4.69) is 44.5 Å². The first-order valence-electron chi connectivity index (χ1n) is 15.0. The molecule has 2 saturated heterocycles.